The second kappa shape index (κ2) is 10.5. The minimum absolute atomic E-state index is 0. The van der Waals surface area contributed by atoms with E-state index in [-0.39, 0.29) is 52.1 Å². The molecule has 2 aromatic carbocycles. The van der Waals surface area contributed by atoms with Gasteiger partial charge < -0.3 is 34.6 Å². The molecule has 0 saturated carbocycles. The summed E-state index contributed by atoms with van der Waals surface area (Å²) in [6.45, 7) is 1.17. The Labute approximate surface area is 179 Å². The molecule has 0 aliphatic rings. The van der Waals surface area contributed by atoms with Gasteiger partial charge in [0, 0.05) is 17.1 Å². The number of rotatable bonds is 4. The molecule has 0 saturated heterocycles. The van der Waals surface area contributed by atoms with Crippen LogP contribution in [0.25, 0.3) is 10.9 Å². The van der Waals surface area contributed by atoms with Crippen LogP contribution in [0.1, 0.15) is 14.0 Å². The predicted octanol–water partition coefficient (Wildman–Crippen LogP) is 1.82. The van der Waals surface area contributed by atoms with Gasteiger partial charge in [0.25, 0.3) is 0 Å². The maximum atomic E-state index is 9.30. The van der Waals surface area contributed by atoms with Crippen molar-refractivity contribution in [2.45, 2.75) is 12.8 Å². The molecule has 0 amide bonds. The van der Waals surface area contributed by atoms with E-state index in [2.05, 4.69) is 4.98 Å². The third-order valence-electron chi connectivity index (χ3n) is 3.64. The summed E-state index contributed by atoms with van der Waals surface area (Å²) in [6, 6.07) is 10.0. The van der Waals surface area contributed by atoms with Crippen molar-refractivity contribution in [3.63, 3.8) is 0 Å². The predicted molar refractivity (Wildman–Crippen MR) is 103 cm³/mol. The zero-order chi connectivity index (χ0) is 17.5. The minimum atomic E-state index is -0.0919. The monoisotopic (exact) mass is 371 g/mol. The Morgan fingerprint density at radius 1 is 0.880 bits per heavy atom. The van der Waals surface area contributed by atoms with Crippen molar-refractivity contribution in [3.05, 3.63) is 53.7 Å². The van der Waals surface area contributed by atoms with Crippen LogP contribution < -0.4 is 11.5 Å². The van der Waals surface area contributed by atoms with Crippen molar-refractivity contribution in [1.82, 2.24) is 4.98 Å². The van der Waals surface area contributed by atoms with Crippen LogP contribution in [0, 0.1) is 0 Å². The third kappa shape index (κ3) is 6.09. The number of hydrogen-bond acceptors (Lipinski definition) is 5. The van der Waals surface area contributed by atoms with Crippen molar-refractivity contribution < 1.29 is 18.2 Å². The molecule has 6 nitrogen and oxygen atoms in total. The van der Waals surface area contributed by atoms with Gasteiger partial charge in [-0.15, -0.1) is 0 Å². The Bertz CT molecular complexity index is 816. The van der Waals surface area contributed by atoms with E-state index in [0.29, 0.717) is 25.3 Å². The molecule has 3 rings (SSSR count). The zero-order valence-corrected chi connectivity index (χ0v) is 16.3. The Morgan fingerprint density at radius 3 is 2.24 bits per heavy atom. The summed E-state index contributed by atoms with van der Waals surface area (Å²) in [4.78, 5) is 3.13. The standard InChI is InChI=1S/C10H12N2O.C8H11NO2.Ca.2H/c11-4-3-7-6-12-10-2-1-8(13)5-9(7)10;9-4-3-6-1-2-7(10)8(11)5-6;;;/h1-2,5-6,12-13H,3-4,11H2;1-2,5,10-11H,3-4,9H2;;;/q;;+2;2*-1. The van der Waals surface area contributed by atoms with Gasteiger partial charge in [-0.25, -0.2) is 0 Å². The topological polar surface area (TPSA) is 129 Å². The number of aromatic hydroxyl groups is 3. The average molecular weight is 371 g/mol. The maximum Gasteiger partial charge on any atom is 2.00 e. The van der Waals surface area contributed by atoms with Gasteiger partial charge in [-0.1, -0.05) is 6.07 Å². The molecule has 0 aliphatic heterocycles. The van der Waals surface area contributed by atoms with Crippen molar-refractivity contribution in [2.75, 3.05) is 13.1 Å². The fourth-order valence-corrected chi connectivity index (χ4v) is 2.42. The first-order valence-electron chi connectivity index (χ1n) is 7.75. The molecular formula is C18H25CaN3O3. The molecule has 0 bridgehead atoms. The SMILES string of the molecule is NCCc1c[nH]c2ccc(O)cc12.NCCc1ccc(O)c(O)c1.[Ca+2].[H-].[H-]. The molecule has 0 aliphatic carbocycles. The molecule has 3 aromatic rings. The molecule has 0 radical (unpaired) electrons. The minimum Gasteiger partial charge on any atom is -1.00 e. The van der Waals surface area contributed by atoms with E-state index in [0.717, 1.165) is 28.5 Å². The van der Waals surface area contributed by atoms with Crippen molar-refractivity contribution in [2.24, 2.45) is 11.5 Å². The Balaban J connectivity index is 0. The molecule has 25 heavy (non-hydrogen) atoms. The van der Waals surface area contributed by atoms with E-state index < -0.39 is 0 Å². The Morgan fingerprint density at radius 2 is 1.60 bits per heavy atom. The summed E-state index contributed by atoms with van der Waals surface area (Å²) in [5, 5.41) is 28.3. The van der Waals surface area contributed by atoms with Crippen LogP contribution in [0.5, 0.6) is 17.2 Å². The van der Waals surface area contributed by atoms with E-state index in [1.54, 1.807) is 18.2 Å². The smallest absolute Gasteiger partial charge is 1.00 e. The molecule has 8 N–H and O–H groups in total. The Kier molecular flexibility index (Phi) is 9.10. The van der Waals surface area contributed by atoms with Gasteiger partial charge in [-0.3, -0.25) is 0 Å². The number of nitrogens with one attached hydrogen (secondary N) is 1. The number of aromatic amines is 1. The quantitative estimate of drug-likeness (QED) is 0.308. The Hall–Kier alpha value is -1.44. The summed E-state index contributed by atoms with van der Waals surface area (Å²) in [6.07, 6.45) is 3.49. The van der Waals surface area contributed by atoms with Crippen LogP contribution >= 0.6 is 0 Å². The fourth-order valence-electron chi connectivity index (χ4n) is 2.42. The summed E-state index contributed by atoms with van der Waals surface area (Å²) in [7, 11) is 0. The molecule has 1 aromatic heterocycles. The van der Waals surface area contributed by atoms with E-state index in [4.69, 9.17) is 21.7 Å². The first-order valence-corrected chi connectivity index (χ1v) is 7.75. The van der Waals surface area contributed by atoms with Crippen molar-refractivity contribution in [1.29, 1.82) is 0 Å². The number of aromatic nitrogens is 1. The van der Waals surface area contributed by atoms with Crippen LogP contribution in [0.4, 0.5) is 0 Å². The van der Waals surface area contributed by atoms with Gasteiger partial charge >= 0.3 is 37.7 Å². The largest absolute Gasteiger partial charge is 2.00 e. The molecule has 132 valence electrons. The summed E-state index contributed by atoms with van der Waals surface area (Å²) < 4.78 is 0. The second-order valence-corrected chi connectivity index (χ2v) is 5.44. The number of H-pyrrole nitrogens is 1. The fraction of sp³-hybridized carbons (Fsp3) is 0.222. The number of phenolic OH excluding ortho intramolecular Hbond substituents is 3. The number of benzene rings is 2. The molecule has 0 atom stereocenters. The van der Waals surface area contributed by atoms with Crippen LogP contribution in [0.15, 0.2) is 42.6 Å². The zero-order valence-electron chi connectivity index (χ0n) is 16.1. The van der Waals surface area contributed by atoms with Gasteiger partial charge in [0.1, 0.15) is 5.75 Å². The van der Waals surface area contributed by atoms with Crippen LogP contribution in [0.3, 0.4) is 0 Å². The van der Waals surface area contributed by atoms with Crippen molar-refractivity contribution in [3.8, 4) is 17.2 Å². The first kappa shape index (κ1) is 21.6. The first-order chi connectivity index (χ1) is 11.5. The van der Waals surface area contributed by atoms with Gasteiger partial charge in [0.15, 0.2) is 11.5 Å². The van der Waals surface area contributed by atoms with Crippen LogP contribution in [-0.4, -0.2) is 71.1 Å². The van der Waals surface area contributed by atoms with Gasteiger partial charge in [-0.2, -0.15) is 0 Å². The molecule has 0 fully saturated rings. The van der Waals surface area contributed by atoms with E-state index in [1.165, 1.54) is 12.1 Å². The van der Waals surface area contributed by atoms with E-state index in [9.17, 15) is 5.11 Å². The average Bonchev–Trinajstić information content (AvgIpc) is 2.95. The number of nitrogens with two attached hydrogens (primary N) is 2. The second-order valence-electron chi connectivity index (χ2n) is 5.44. The summed E-state index contributed by atoms with van der Waals surface area (Å²) in [5.41, 5.74) is 13.9. The van der Waals surface area contributed by atoms with Gasteiger partial charge in [-0.05, 0) is 67.4 Å². The van der Waals surface area contributed by atoms with Gasteiger partial charge in [0.05, 0.1) is 0 Å². The third-order valence-corrected chi connectivity index (χ3v) is 3.64. The summed E-state index contributed by atoms with van der Waals surface area (Å²) >= 11 is 0. The van der Waals surface area contributed by atoms with E-state index >= 15 is 0 Å². The molecule has 0 spiro atoms. The number of hydrogen-bond donors (Lipinski definition) is 6. The normalized spacial score (nSPS) is 10.0. The van der Waals surface area contributed by atoms with Crippen LogP contribution in [-0.2, 0) is 12.8 Å². The van der Waals surface area contributed by atoms with Gasteiger partial charge in [0.2, 0.25) is 0 Å². The van der Waals surface area contributed by atoms with Crippen LogP contribution in [0.2, 0.25) is 0 Å². The van der Waals surface area contributed by atoms with E-state index in [1.807, 2.05) is 12.3 Å². The molecule has 7 heteroatoms. The summed E-state index contributed by atoms with van der Waals surface area (Å²) in [5.74, 6) is 0.118. The molecule has 0 unspecified atom stereocenters. The maximum absolute atomic E-state index is 9.30. The number of phenols is 3. The number of fused-ring (bicyclic) bond motifs is 1. The van der Waals surface area contributed by atoms with Crippen molar-refractivity contribution >= 4 is 48.6 Å². The molecule has 1 heterocycles. The molecular weight excluding hydrogens is 346 g/mol.